The largest absolute Gasteiger partial charge is 0.508 e. The average molecular weight is 504 g/mol. The van der Waals surface area contributed by atoms with E-state index in [1.54, 1.807) is 18.2 Å². The molecule has 0 bridgehead atoms. The third-order valence-corrected chi connectivity index (χ3v) is 4.92. The molecule has 0 heterocycles. The number of hydrogen-bond acceptors (Lipinski definition) is 6. The molecular formula is C25H40Cl2N2O4. The van der Waals surface area contributed by atoms with Crippen LogP contribution < -0.4 is 10.6 Å². The second-order valence-electron chi connectivity index (χ2n) is 9.86. The molecule has 8 heteroatoms. The van der Waals surface area contributed by atoms with Crippen LogP contribution in [0.3, 0.4) is 0 Å². The number of benzene rings is 2. The van der Waals surface area contributed by atoms with Crippen molar-refractivity contribution >= 4 is 24.0 Å². The average Bonchev–Trinajstić information content (AvgIpc) is 2.70. The maximum Gasteiger partial charge on any atom is 0.121 e. The summed E-state index contributed by atoms with van der Waals surface area (Å²) >= 11 is 5.98. The van der Waals surface area contributed by atoms with Crippen molar-refractivity contribution in [1.82, 2.24) is 10.6 Å². The normalized spacial score (nSPS) is 13.4. The van der Waals surface area contributed by atoms with E-state index in [-0.39, 0.29) is 35.8 Å². The first kappa shape index (κ1) is 31.6. The van der Waals surface area contributed by atoms with Crippen molar-refractivity contribution < 1.29 is 20.4 Å². The topological polar surface area (TPSA) is 105 Å². The Morgan fingerprint density at radius 2 is 1.36 bits per heavy atom. The molecular weight excluding hydrogens is 463 g/mol. The molecule has 2 unspecified atom stereocenters. The zero-order valence-corrected chi connectivity index (χ0v) is 22.0. The molecule has 0 aliphatic heterocycles. The summed E-state index contributed by atoms with van der Waals surface area (Å²) in [5.74, 6) is 0.0484. The SMILES string of the molecule is CC(C)(C)NCC(O)c1ccc(O)c(CO)c1.CC(C)(C)NCC(O)c1ccccc1Cl.Cl. The Labute approximate surface area is 209 Å². The summed E-state index contributed by atoms with van der Waals surface area (Å²) in [5.41, 5.74) is 1.83. The zero-order chi connectivity index (χ0) is 24.5. The lowest BCUT2D eigenvalue weighted by molar-refractivity contribution is 0.163. The van der Waals surface area contributed by atoms with E-state index < -0.39 is 12.2 Å². The van der Waals surface area contributed by atoms with Gasteiger partial charge in [-0.2, -0.15) is 0 Å². The highest BCUT2D eigenvalue weighted by atomic mass is 35.5. The number of rotatable bonds is 7. The smallest absolute Gasteiger partial charge is 0.121 e. The Balaban J connectivity index is 0.000000607. The summed E-state index contributed by atoms with van der Waals surface area (Å²) in [6, 6.07) is 12.1. The monoisotopic (exact) mass is 502 g/mol. The van der Waals surface area contributed by atoms with Gasteiger partial charge in [0.2, 0.25) is 0 Å². The molecule has 188 valence electrons. The predicted octanol–water partition coefficient (Wildman–Crippen LogP) is 4.49. The summed E-state index contributed by atoms with van der Waals surface area (Å²) in [6.45, 7) is 13.0. The van der Waals surface area contributed by atoms with Gasteiger partial charge in [-0.3, -0.25) is 0 Å². The van der Waals surface area contributed by atoms with Crippen LogP contribution in [0.5, 0.6) is 5.75 Å². The number of aromatic hydroxyl groups is 1. The molecule has 6 nitrogen and oxygen atoms in total. The van der Waals surface area contributed by atoms with Gasteiger partial charge >= 0.3 is 0 Å². The molecule has 33 heavy (non-hydrogen) atoms. The van der Waals surface area contributed by atoms with E-state index in [9.17, 15) is 15.3 Å². The molecule has 0 saturated heterocycles. The predicted molar refractivity (Wildman–Crippen MR) is 138 cm³/mol. The summed E-state index contributed by atoms with van der Waals surface area (Å²) in [4.78, 5) is 0. The second-order valence-corrected chi connectivity index (χ2v) is 10.3. The van der Waals surface area contributed by atoms with Gasteiger partial charge in [0.05, 0.1) is 18.8 Å². The first-order valence-corrected chi connectivity index (χ1v) is 11.1. The maximum atomic E-state index is 9.97. The molecule has 0 aliphatic carbocycles. The molecule has 0 spiro atoms. The van der Waals surface area contributed by atoms with Crippen LogP contribution in [0.2, 0.25) is 5.02 Å². The minimum Gasteiger partial charge on any atom is -0.508 e. The van der Waals surface area contributed by atoms with Gasteiger partial charge in [0.25, 0.3) is 0 Å². The highest BCUT2D eigenvalue weighted by Gasteiger charge is 2.16. The van der Waals surface area contributed by atoms with Crippen molar-refractivity contribution in [2.75, 3.05) is 13.1 Å². The van der Waals surface area contributed by atoms with Gasteiger partial charge in [0.1, 0.15) is 5.75 Å². The van der Waals surface area contributed by atoms with Crippen LogP contribution >= 0.6 is 24.0 Å². The van der Waals surface area contributed by atoms with Gasteiger partial charge in [-0.15, -0.1) is 12.4 Å². The highest BCUT2D eigenvalue weighted by molar-refractivity contribution is 6.31. The van der Waals surface area contributed by atoms with Gasteiger partial charge in [0.15, 0.2) is 0 Å². The summed E-state index contributed by atoms with van der Waals surface area (Å²) in [5, 5.41) is 45.4. The molecule has 0 radical (unpaired) electrons. The minimum atomic E-state index is -0.653. The molecule has 0 amide bonds. The number of hydrogen-bond donors (Lipinski definition) is 6. The molecule has 6 N–H and O–H groups in total. The summed E-state index contributed by atoms with van der Waals surface area (Å²) in [6.07, 6.45) is -1.21. The first-order chi connectivity index (χ1) is 14.7. The highest BCUT2D eigenvalue weighted by Crippen LogP contribution is 2.23. The van der Waals surface area contributed by atoms with Crippen LogP contribution in [0.25, 0.3) is 0 Å². The van der Waals surface area contributed by atoms with Gasteiger partial charge in [-0.25, -0.2) is 0 Å². The quantitative estimate of drug-likeness (QED) is 0.333. The van der Waals surface area contributed by atoms with Crippen LogP contribution in [0.4, 0.5) is 0 Å². The van der Waals surface area contributed by atoms with Gasteiger partial charge in [0, 0.05) is 40.3 Å². The van der Waals surface area contributed by atoms with Crippen LogP contribution in [-0.2, 0) is 6.61 Å². The van der Waals surface area contributed by atoms with E-state index in [1.807, 2.05) is 39.0 Å². The Morgan fingerprint density at radius 3 is 1.85 bits per heavy atom. The fraction of sp³-hybridized carbons (Fsp3) is 0.520. The third kappa shape index (κ3) is 12.6. The Kier molecular flexibility index (Phi) is 13.5. The van der Waals surface area contributed by atoms with E-state index in [2.05, 4.69) is 31.4 Å². The zero-order valence-electron chi connectivity index (χ0n) is 20.4. The number of aliphatic hydroxyl groups is 3. The van der Waals surface area contributed by atoms with Crippen LogP contribution in [-0.4, -0.2) is 44.6 Å². The number of phenols is 1. The van der Waals surface area contributed by atoms with E-state index in [1.165, 1.54) is 6.07 Å². The molecule has 2 rings (SSSR count). The van der Waals surface area contributed by atoms with Crippen molar-refractivity contribution in [2.24, 2.45) is 0 Å². The fourth-order valence-corrected chi connectivity index (χ4v) is 2.98. The second kappa shape index (κ2) is 14.1. The first-order valence-electron chi connectivity index (χ1n) is 10.8. The van der Waals surface area contributed by atoms with Crippen molar-refractivity contribution in [3.8, 4) is 5.75 Å². The van der Waals surface area contributed by atoms with Gasteiger partial charge < -0.3 is 31.1 Å². The Hall–Kier alpha value is -1.38. The molecule has 2 aromatic rings. The lowest BCUT2D eigenvalue weighted by atomic mass is 10.0. The number of aliphatic hydroxyl groups excluding tert-OH is 3. The molecule has 0 fully saturated rings. The van der Waals surface area contributed by atoms with E-state index in [0.29, 0.717) is 29.2 Å². The summed E-state index contributed by atoms with van der Waals surface area (Å²) in [7, 11) is 0. The van der Waals surface area contributed by atoms with Crippen molar-refractivity contribution in [3.63, 3.8) is 0 Å². The fourth-order valence-electron chi connectivity index (χ4n) is 2.72. The molecule has 0 aromatic heterocycles. The summed E-state index contributed by atoms with van der Waals surface area (Å²) < 4.78 is 0. The van der Waals surface area contributed by atoms with E-state index in [0.717, 1.165) is 5.56 Å². The lowest BCUT2D eigenvalue weighted by Crippen LogP contribution is -2.38. The standard InChI is InChI=1S/C13H21NO3.C12H18ClNO.ClH/c1-13(2,3)14-7-12(17)9-4-5-11(16)10(6-9)8-15;1-12(2,3)14-8-11(15)9-6-4-5-7-10(9)13;/h4-6,12,14-17H,7-8H2,1-3H3;4-7,11,14-15H,8H2,1-3H3;1H. The Morgan fingerprint density at radius 1 is 0.848 bits per heavy atom. The van der Waals surface area contributed by atoms with Crippen LogP contribution in [0, 0.1) is 0 Å². The molecule has 2 atom stereocenters. The van der Waals surface area contributed by atoms with Gasteiger partial charge in [-0.05, 0) is 65.3 Å². The molecule has 0 aliphatic rings. The number of nitrogens with one attached hydrogen (secondary N) is 2. The van der Waals surface area contributed by atoms with Crippen LogP contribution in [0.1, 0.15) is 70.4 Å². The van der Waals surface area contributed by atoms with Crippen molar-refractivity contribution in [1.29, 1.82) is 0 Å². The van der Waals surface area contributed by atoms with Crippen LogP contribution in [0.15, 0.2) is 42.5 Å². The van der Waals surface area contributed by atoms with Gasteiger partial charge in [-0.1, -0.05) is 35.9 Å². The number of β-amino-alcohol motifs (C(OH)–C–C–N with tert-alkyl or cyclic N) is 2. The molecule has 2 aromatic carbocycles. The maximum absolute atomic E-state index is 9.97. The Bertz CT molecular complexity index is 836. The van der Waals surface area contributed by atoms with Crippen molar-refractivity contribution in [3.05, 3.63) is 64.2 Å². The lowest BCUT2D eigenvalue weighted by Gasteiger charge is -2.23. The third-order valence-electron chi connectivity index (χ3n) is 4.57. The van der Waals surface area contributed by atoms with E-state index in [4.69, 9.17) is 16.7 Å². The molecule has 0 saturated carbocycles. The minimum absolute atomic E-state index is 0. The van der Waals surface area contributed by atoms with E-state index >= 15 is 0 Å². The number of halogens is 2. The van der Waals surface area contributed by atoms with Crippen molar-refractivity contribution in [2.45, 2.75) is 71.4 Å².